The van der Waals surface area contributed by atoms with Crippen molar-refractivity contribution in [3.05, 3.63) is 0 Å². The number of sulfone groups is 1. The monoisotopic (exact) mass is 276 g/mol. The number of ether oxygens (including phenoxy) is 1. The highest BCUT2D eigenvalue weighted by atomic mass is 32.2. The number of nitrogens with one attached hydrogen (secondary N) is 1. The van der Waals surface area contributed by atoms with Crippen molar-refractivity contribution in [2.24, 2.45) is 0 Å². The summed E-state index contributed by atoms with van der Waals surface area (Å²) in [5.41, 5.74) is -0.561. The summed E-state index contributed by atoms with van der Waals surface area (Å²) in [5, 5.41) is 3.16. The summed E-state index contributed by atoms with van der Waals surface area (Å²) in [4.78, 5) is 13.6. The molecule has 0 saturated carbocycles. The van der Waals surface area contributed by atoms with Crippen molar-refractivity contribution < 1.29 is 17.9 Å². The smallest absolute Gasteiger partial charge is 0.410 e. The van der Waals surface area contributed by atoms with Crippen LogP contribution < -0.4 is 5.32 Å². The van der Waals surface area contributed by atoms with Crippen LogP contribution in [0.25, 0.3) is 0 Å². The Balaban J connectivity index is 2.11. The van der Waals surface area contributed by atoms with E-state index in [1.54, 1.807) is 25.7 Å². The SMILES string of the molecule is CC(C)(C)OC(=O)N1CCN[C@@H]2CS(=O)(=O)C[C@H]21. The van der Waals surface area contributed by atoms with E-state index in [0.717, 1.165) is 0 Å². The van der Waals surface area contributed by atoms with Crippen LogP contribution in [0.4, 0.5) is 4.79 Å². The highest BCUT2D eigenvalue weighted by Crippen LogP contribution is 2.23. The summed E-state index contributed by atoms with van der Waals surface area (Å²) in [6.07, 6.45) is -0.420. The van der Waals surface area contributed by atoms with Crippen molar-refractivity contribution in [3.8, 4) is 0 Å². The number of nitrogens with zero attached hydrogens (tertiary/aromatic N) is 1. The van der Waals surface area contributed by atoms with Gasteiger partial charge < -0.3 is 15.0 Å². The molecule has 18 heavy (non-hydrogen) atoms. The molecule has 2 aliphatic rings. The zero-order valence-electron chi connectivity index (χ0n) is 11.0. The maximum absolute atomic E-state index is 12.0. The second-order valence-electron chi connectivity index (χ2n) is 5.88. The molecular formula is C11H20N2O4S. The Bertz CT molecular complexity index is 440. The van der Waals surface area contributed by atoms with E-state index in [4.69, 9.17) is 4.74 Å². The van der Waals surface area contributed by atoms with E-state index in [9.17, 15) is 13.2 Å². The summed E-state index contributed by atoms with van der Waals surface area (Å²) in [6, 6.07) is -0.449. The van der Waals surface area contributed by atoms with Gasteiger partial charge in [-0.25, -0.2) is 13.2 Å². The molecule has 0 radical (unpaired) electrons. The molecule has 0 spiro atoms. The first-order valence-electron chi connectivity index (χ1n) is 6.11. The maximum atomic E-state index is 12.0. The standard InChI is InChI=1S/C11H20N2O4S/c1-11(2,3)17-10(14)13-5-4-12-8-6-18(15,16)7-9(8)13/h8-9,12H,4-7H2,1-3H3/t8-,9-/m1/s1. The molecule has 0 aromatic carbocycles. The largest absolute Gasteiger partial charge is 0.444 e. The van der Waals surface area contributed by atoms with Crippen molar-refractivity contribution in [3.63, 3.8) is 0 Å². The van der Waals surface area contributed by atoms with Gasteiger partial charge >= 0.3 is 6.09 Å². The number of amides is 1. The van der Waals surface area contributed by atoms with Crippen LogP contribution in [0.2, 0.25) is 0 Å². The Hall–Kier alpha value is -0.820. The summed E-state index contributed by atoms with van der Waals surface area (Å²) < 4.78 is 28.6. The Morgan fingerprint density at radius 3 is 2.61 bits per heavy atom. The Morgan fingerprint density at radius 2 is 2.00 bits per heavy atom. The molecule has 0 aromatic heterocycles. The summed E-state index contributed by atoms with van der Waals surface area (Å²) in [6.45, 7) is 6.50. The molecule has 2 aliphatic heterocycles. The Kier molecular flexibility index (Phi) is 3.31. The van der Waals surface area contributed by atoms with Crippen molar-refractivity contribution in [1.29, 1.82) is 0 Å². The van der Waals surface area contributed by atoms with Crippen molar-refractivity contribution in [2.75, 3.05) is 24.6 Å². The van der Waals surface area contributed by atoms with Crippen LogP contribution in [0.5, 0.6) is 0 Å². The number of fused-ring (bicyclic) bond motifs is 1. The fourth-order valence-electron chi connectivity index (χ4n) is 2.41. The van der Waals surface area contributed by atoms with E-state index in [0.29, 0.717) is 13.1 Å². The van der Waals surface area contributed by atoms with Crippen LogP contribution in [0, 0.1) is 0 Å². The topological polar surface area (TPSA) is 75.7 Å². The van der Waals surface area contributed by atoms with E-state index in [-0.39, 0.29) is 23.6 Å². The fraction of sp³-hybridized carbons (Fsp3) is 0.909. The lowest BCUT2D eigenvalue weighted by Crippen LogP contribution is -2.59. The van der Waals surface area contributed by atoms with Gasteiger partial charge in [0.2, 0.25) is 0 Å². The second-order valence-corrected chi connectivity index (χ2v) is 8.03. The number of rotatable bonds is 0. The van der Waals surface area contributed by atoms with E-state index in [2.05, 4.69) is 5.32 Å². The highest BCUT2D eigenvalue weighted by molar-refractivity contribution is 7.91. The Labute approximate surface area is 108 Å². The summed E-state index contributed by atoms with van der Waals surface area (Å²) >= 11 is 0. The number of hydrogen-bond donors (Lipinski definition) is 1. The van der Waals surface area contributed by atoms with E-state index < -0.39 is 21.5 Å². The lowest BCUT2D eigenvalue weighted by Gasteiger charge is -2.38. The van der Waals surface area contributed by atoms with Crippen molar-refractivity contribution >= 4 is 15.9 Å². The number of carbonyl (C=O) groups is 1. The van der Waals surface area contributed by atoms with Crippen molar-refractivity contribution in [2.45, 2.75) is 38.5 Å². The summed E-state index contributed by atoms with van der Waals surface area (Å²) in [5.74, 6) is 0.140. The van der Waals surface area contributed by atoms with Crippen LogP contribution in [0.1, 0.15) is 20.8 Å². The highest BCUT2D eigenvalue weighted by Gasteiger charge is 2.45. The van der Waals surface area contributed by atoms with Gasteiger partial charge in [0.25, 0.3) is 0 Å². The molecular weight excluding hydrogens is 256 g/mol. The molecule has 104 valence electrons. The average molecular weight is 276 g/mol. The molecule has 0 aromatic rings. The van der Waals surface area contributed by atoms with E-state index in [1.165, 1.54) is 0 Å². The molecule has 2 rings (SSSR count). The van der Waals surface area contributed by atoms with Gasteiger partial charge in [-0.1, -0.05) is 0 Å². The third-order valence-electron chi connectivity index (χ3n) is 3.11. The molecule has 1 N–H and O–H groups in total. The molecule has 0 aliphatic carbocycles. The van der Waals surface area contributed by atoms with E-state index >= 15 is 0 Å². The zero-order chi connectivity index (χ0) is 13.6. The number of piperazine rings is 1. The lowest BCUT2D eigenvalue weighted by molar-refractivity contribution is 0.0110. The molecule has 7 heteroatoms. The van der Waals surface area contributed by atoms with Crippen molar-refractivity contribution in [1.82, 2.24) is 10.2 Å². The summed E-state index contributed by atoms with van der Waals surface area (Å²) in [7, 11) is -3.05. The molecule has 1 amide bonds. The predicted octanol–water partition coefficient (Wildman–Crippen LogP) is -0.00770. The third-order valence-corrected chi connectivity index (χ3v) is 4.83. The molecule has 0 unspecified atom stereocenters. The zero-order valence-corrected chi connectivity index (χ0v) is 11.8. The minimum Gasteiger partial charge on any atom is -0.444 e. The van der Waals surface area contributed by atoms with Crippen LogP contribution in [-0.2, 0) is 14.6 Å². The van der Waals surface area contributed by atoms with Gasteiger partial charge in [0, 0.05) is 19.1 Å². The second kappa shape index (κ2) is 4.38. The first-order valence-corrected chi connectivity index (χ1v) is 7.93. The first-order chi connectivity index (χ1) is 8.18. The van der Waals surface area contributed by atoms with Crippen LogP contribution >= 0.6 is 0 Å². The Morgan fingerprint density at radius 1 is 1.33 bits per heavy atom. The van der Waals surface area contributed by atoms with E-state index in [1.807, 2.05) is 0 Å². The fourth-order valence-corrected chi connectivity index (χ4v) is 4.37. The van der Waals surface area contributed by atoms with Gasteiger partial charge in [0.15, 0.2) is 9.84 Å². The molecule has 2 atom stereocenters. The van der Waals surface area contributed by atoms with Gasteiger partial charge in [0.05, 0.1) is 17.5 Å². The quantitative estimate of drug-likeness (QED) is 0.673. The molecule has 6 nitrogen and oxygen atoms in total. The van der Waals surface area contributed by atoms with Crippen LogP contribution in [-0.4, -0.2) is 61.7 Å². The minimum atomic E-state index is -3.05. The maximum Gasteiger partial charge on any atom is 0.410 e. The van der Waals surface area contributed by atoms with Gasteiger partial charge in [-0.2, -0.15) is 0 Å². The molecule has 2 saturated heterocycles. The van der Waals surface area contributed by atoms with Gasteiger partial charge in [-0.05, 0) is 20.8 Å². The minimum absolute atomic E-state index is 0.0317. The molecule has 2 fully saturated rings. The van der Waals surface area contributed by atoms with Gasteiger partial charge in [-0.15, -0.1) is 0 Å². The molecule has 0 bridgehead atoms. The molecule has 2 heterocycles. The van der Waals surface area contributed by atoms with Crippen LogP contribution in [0.3, 0.4) is 0 Å². The van der Waals surface area contributed by atoms with Crippen LogP contribution in [0.15, 0.2) is 0 Å². The normalized spacial score (nSPS) is 30.9. The number of carbonyl (C=O) groups excluding carboxylic acids is 1. The number of hydrogen-bond acceptors (Lipinski definition) is 5. The average Bonchev–Trinajstić information content (AvgIpc) is 2.47. The van der Waals surface area contributed by atoms with Gasteiger partial charge in [-0.3, -0.25) is 0 Å². The first kappa shape index (κ1) is 13.6. The predicted molar refractivity (Wildman–Crippen MR) is 67.2 cm³/mol. The lowest BCUT2D eigenvalue weighted by atomic mass is 10.1. The third kappa shape index (κ3) is 2.95. The van der Waals surface area contributed by atoms with Gasteiger partial charge in [0.1, 0.15) is 5.60 Å².